The number of benzene rings is 4. The summed E-state index contributed by atoms with van der Waals surface area (Å²) in [5.41, 5.74) is 9.21. The highest BCUT2D eigenvalue weighted by Crippen LogP contribution is 2.45. The van der Waals surface area contributed by atoms with Crippen LogP contribution in [0.5, 0.6) is 17.2 Å². The van der Waals surface area contributed by atoms with Crippen LogP contribution < -0.4 is 0 Å². The second kappa shape index (κ2) is 22.6. The van der Waals surface area contributed by atoms with E-state index in [4.69, 9.17) is 23.7 Å². The van der Waals surface area contributed by atoms with Gasteiger partial charge < -0.3 is 48.8 Å². The van der Waals surface area contributed by atoms with Crippen LogP contribution in [-0.4, -0.2) is 121 Å². The quantitative estimate of drug-likeness (QED) is 0.0733. The maximum atomic E-state index is 12.4. The Morgan fingerprint density at radius 3 is 1.10 bits per heavy atom. The molecule has 0 saturated carbocycles. The number of hydrogen-bond acceptors (Lipinski definition) is 10. The third-order valence-electron chi connectivity index (χ3n) is 13.7. The number of urea groups is 2. The minimum absolute atomic E-state index is 0.114. The first kappa shape index (κ1) is 52.6. The lowest BCUT2D eigenvalue weighted by Gasteiger charge is -2.35. The zero-order valence-electron chi connectivity index (χ0n) is 42.0. The van der Waals surface area contributed by atoms with E-state index >= 15 is 0 Å². The molecule has 1 unspecified atom stereocenters. The summed E-state index contributed by atoms with van der Waals surface area (Å²) in [6.45, 7) is 18.8. The van der Waals surface area contributed by atoms with Crippen LogP contribution >= 0.6 is 0 Å². The molecule has 14 heteroatoms. The minimum Gasteiger partial charge on any atom is -0.507 e. The highest BCUT2D eigenvalue weighted by Gasteiger charge is 2.58. The fourth-order valence-electron chi connectivity index (χ4n) is 9.66. The first-order valence-electron chi connectivity index (χ1n) is 23.3. The van der Waals surface area contributed by atoms with Gasteiger partial charge in [0, 0.05) is 76.2 Å². The van der Waals surface area contributed by atoms with E-state index in [2.05, 4.69) is 77.1 Å². The van der Waals surface area contributed by atoms with Gasteiger partial charge in [0.05, 0.1) is 19.8 Å². The van der Waals surface area contributed by atoms with Gasteiger partial charge in [-0.3, -0.25) is 9.80 Å². The number of likely N-dealkylation sites (N-methyl/N-ethyl adjacent to an activating group) is 2. The van der Waals surface area contributed by atoms with Gasteiger partial charge in [0.15, 0.2) is 6.17 Å². The van der Waals surface area contributed by atoms with Gasteiger partial charge in [-0.05, 0) is 103 Å². The summed E-state index contributed by atoms with van der Waals surface area (Å²) in [5.74, 6) is 0.836. The van der Waals surface area contributed by atoms with Crippen molar-refractivity contribution in [3.05, 3.63) is 122 Å². The number of phenolic OH excluding ortho intramolecular Hbond substituents is 3. The van der Waals surface area contributed by atoms with E-state index in [9.17, 15) is 24.9 Å². The molecule has 2 aliphatic rings. The standard InChI is InChI=1S/C41H52O6.C12H22N4O4/c1-10-26-17-34(18-27(11-2)37(26)42)40(4,5)32-13-15-33(16-14-32)41(6,35-19-28(12-3)38(43)29(20-35)23-45-7)36-21-30(24-46-8)39(44)31(22-36)25-47-9;1-5-13-9-10(15(7-19-3)11(13)17)16(8-20-4)12(18)14(9)6-2/h13-22,42-44H,10-12,23-25H2,1-9H3;9-10H,5-8H2,1-4H3. The molecule has 3 N–H and O–H groups in total. The van der Waals surface area contributed by atoms with Crippen molar-refractivity contribution in [2.45, 2.75) is 118 Å². The van der Waals surface area contributed by atoms with Crippen molar-refractivity contribution >= 4 is 12.1 Å². The Bertz CT molecular complexity index is 2250. The van der Waals surface area contributed by atoms with Crippen LogP contribution in [0.2, 0.25) is 0 Å². The molecule has 67 heavy (non-hydrogen) atoms. The Balaban J connectivity index is 0.000000349. The Kier molecular flexibility index (Phi) is 17.7. The summed E-state index contributed by atoms with van der Waals surface area (Å²) in [6, 6.07) is 21.0. The zero-order chi connectivity index (χ0) is 49.4. The van der Waals surface area contributed by atoms with Gasteiger partial charge in [0.25, 0.3) is 0 Å². The normalized spacial score (nSPS) is 17.0. The lowest BCUT2D eigenvalue weighted by Crippen LogP contribution is -2.47. The van der Waals surface area contributed by atoms with E-state index in [1.807, 2.05) is 39.0 Å². The molecule has 2 heterocycles. The molecule has 366 valence electrons. The number of aryl methyl sites for hydroxylation is 3. The Labute approximate surface area is 397 Å². The molecule has 4 amide bonds. The van der Waals surface area contributed by atoms with Crippen molar-refractivity contribution < 1.29 is 48.6 Å². The van der Waals surface area contributed by atoms with Gasteiger partial charge >= 0.3 is 12.1 Å². The summed E-state index contributed by atoms with van der Waals surface area (Å²) < 4.78 is 26.7. The first-order valence-corrected chi connectivity index (χ1v) is 23.3. The average Bonchev–Trinajstić information content (AvgIpc) is 3.75. The maximum Gasteiger partial charge on any atom is 0.325 e. The monoisotopic (exact) mass is 927 g/mol. The number of rotatable bonds is 20. The molecule has 0 aliphatic carbocycles. The zero-order valence-corrected chi connectivity index (χ0v) is 42.0. The molecular formula is C53H74N4O10. The third kappa shape index (κ3) is 10.1. The van der Waals surface area contributed by atoms with Crippen molar-refractivity contribution in [1.29, 1.82) is 0 Å². The molecule has 4 aromatic rings. The average molecular weight is 927 g/mol. The number of carbonyl (C=O) groups is 2. The molecule has 0 spiro atoms. The summed E-state index contributed by atoms with van der Waals surface area (Å²) >= 11 is 0. The number of fused-ring (bicyclic) bond motifs is 1. The van der Waals surface area contributed by atoms with Crippen molar-refractivity contribution in [3.8, 4) is 17.2 Å². The number of methoxy groups -OCH3 is 5. The van der Waals surface area contributed by atoms with Gasteiger partial charge in [-0.15, -0.1) is 0 Å². The SMILES string of the molecule is CCN1C(=O)N(COC)C2C1N(CC)C(=O)N2COC.CCc1cc(C(C)(C)c2ccc(C(C)(c3cc(CC)c(O)c(COC)c3)c3cc(COC)c(O)c(COC)c3)cc2)cc(CC)c1O. The lowest BCUT2D eigenvalue weighted by atomic mass is 9.68. The van der Waals surface area contributed by atoms with Crippen molar-refractivity contribution in [2.75, 3.05) is 62.1 Å². The molecule has 14 nitrogen and oxygen atoms in total. The molecule has 6 rings (SSSR count). The number of aromatic hydroxyl groups is 3. The highest BCUT2D eigenvalue weighted by atomic mass is 16.5. The Morgan fingerprint density at radius 1 is 0.448 bits per heavy atom. The van der Waals surface area contributed by atoms with Crippen LogP contribution in [0.3, 0.4) is 0 Å². The third-order valence-corrected chi connectivity index (χ3v) is 13.7. The van der Waals surface area contributed by atoms with Crippen molar-refractivity contribution in [2.24, 2.45) is 0 Å². The van der Waals surface area contributed by atoms with E-state index in [0.717, 1.165) is 57.3 Å². The van der Waals surface area contributed by atoms with Gasteiger partial charge in [-0.1, -0.05) is 77.1 Å². The molecule has 0 aromatic heterocycles. The number of hydrogen-bond donors (Lipinski definition) is 3. The highest BCUT2D eigenvalue weighted by molar-refractivity contribution is 5.85. The molecule has 2 saturated heterocycles. The number of amides is 4. The van der Waals surface area contributed by atoms with Crippen LogP contribution in [0, 0.1) is 0 Å². The molecule has 0 bridgehead atoms. The largest absolute Gasteiger partial charge is 0.507 e. The van der Waals surface area contributed by atoms with Crippen LogP contribution in [-0.2, 0) is 73.6 Å². The van der Waals surface area contributed by atoms with Crippen LogP contribution in [0.25, 0.3) is 0 Å². The number of ether oxygens (including phenoxy) is 5. The van der Waals surface area contributed by atoms with Crippen LogP contribution in [0.15, 0.2) is 60.7 Å². The molecule has 0 radical (unpaired) electrons. The maximum absolute atomic E-state index is 12.4. The molecule has 2 aliphatic heterocycles. The van der Waals surface area contributed by atoms with E-state index < -0.39 is 5.41 Å². The fourth-order valence-corrected chi connectivity index (χ4v) is 9.66. The van der Waals surface area contributed by atoms with Crippen molar-refractivity contribution in [1.82, 2.24) is 19.6 Å². The predicted molar refractivity (Wildman–Crippen MR) is 259 cm³/mol. The fraction of sp³-hybridized carbons (Fsp3) is 0.509. The summed E-state index contributed by atoms with van der Waals surface area (Å²) in [4.78, 5) is 31.4. The van der Waals surface area contributed by atoms with Crippen molar-refractivity contribution in [3.63, 3.8) is 0 Å². The van der Waals surface area contributed by atoms with Gasteiger partial charge in [0.1, 0.15) is 36.9 Å². The second-order valence-electron chi connectivity index (χ2n) is 17.9. The van der Waals surface area contributed by atoms with Crippen LogP contribution in [0.1, 0.15) is 117 Å². The number of carbonyl (C=O) groups excluding carboxylic acids is 2. The predicted octanol–water partition coefficient (Wildman–Crippen LogP) is 8.97. The van der Waals surface area contributed by atoms with Gasteiger partial charge in [-0.25, -0.2) is 9.59 Å². The molecule has 2 fully saturated rings. The summed E-state index contributed by atoms with van der Waals surface area (Å²) in [6.07, 6.45) is 1.54. The van der Waals surface area contributed by atoms with Crippen LogP contribution in [0.4, 0.5) is 9.59 Å². The van der Waals surface area contributed by atoms with E-state index in [-0.39, 0.29) is 74.6 Å². The van der Waals surface area contributed by atoms with Gasteiger partial charge in [-0.2, -0.15) is 0 Å². The van der Waals surface area contributed by atoms with E-state index in [1.54, 1.807) is 40.9 Å². The number of phenols is 3. The van der Waals surface area contributed by atoms with Gasteiger partial charge in [0.2, 0.25) is 0 Å². The smallest absolute Gasteiger partial charge is 0.325 e. The Morgan fingerprint density at radius 2 is 0.761 bits per heavy atom. The lowest BCUT2D eigenvalue weighted by molar-refractivity contribution is -0.00235. The topological polar surface area (TPSA) is 154 Å². The Hall–Kier alpha value is -5.38. The first-order chi connectivity index (χ1) is 32.0. The van der Waals surface area contributed by atoms with E-state index in [0.29, 0.717) is 36.4 Å². The molecule has 4 aromatic carbocycles. The number of nitrogens with zero attached hydrogens (tertiary/aromatic N) is 4. The summed E-state index contributed by atoms with van der Waals surface area (Å²) in [7, 11) is 7.94. The minimum atomic E-state index is -0.690. The molecule has 1 atom stereocenters. The second-order valence-corrected chi connectivity index (χ2v) is 17.9. The van der Waals surface area contributed by atoms with E-state index in [1.165, 1.54) is 19.8 Å². The molecular weight excluding hydrogens is 853 g/mol. The summed E-state index contributed by atoms with van der Waals surface area (Å²) in [5, 5.41) is 33.0.